The molecule has 0 bridgehead atoms. The largest absolute Gasteiger partial charge is 0.311 e. The zero-order valence-corrected chi connectivity index (χ0v) is 12.2. The minimum Gasteiger partial charge on any atom is -0.311 e. The highest BCUT2D eigenvalue weighted by atomic mass is 32.2. The van der Waals surface area contributed by atoms with Crippen LogP contribution in [-0.4, -0.2) is 23.1 Å². The Hall–Kier alpha value is 0.310. The second kappa shape index (κ2) is 7.56. The molecule has 0 heterocycles. The molecule has 1 atom stereocenters. The van der Waals surface area contributed by atoms with Crippen LogP contribution in [0.15, 0.2) is 0 Å². The minimum absolute atomic E-state index is 0.248. The molecule has 0 aliphatic carbocycles. The maximum Gasteiger partial charge on any atom is 0.0195 e. The molecule has 0 spiro atoms. The van der Waals surface area contributed by atoms with Crippen molar-refractivity contribution in [3.63, 3.8) is 0 Å². The van der Waals surface area contributed by atoms with E-state index >= 15 is 0 Å². The van der Waals surface area contributed by atoms with Gasteiger partial charge in [-0.25, -0.2) is 0 Å². The SMILES string of the molecule is CCCCSC(CNC(C)(C)C)C(C)C. The van der Waals surface area contributed by atoms with Crippen LogP contribution in [0, 0.1) is 5.92 Å². The molecular weight excluding hydrogens is 202 g/mol. The first-order chi connectivity index (χ1) is 6.87. The lowest BCUT2D eigenvalue weighted by atomic mass is 10.1. The van der Waals surface area contributed by atoms with Gasteiger partial charge in [-0.05, 0) is 38.9 Å². The molecule has 1 unspecified atom stereocenters. The molecule has 0 aliphatic rings. The smallest absolute Gasteiger partial charge is 0.0195 e. The third-order valence-corrected chi connectivity index (χ3v) is 4.07. The summed E-state index contributed by atoms with van der Waals surface area (Å²) in [5, 5.41) is 4.37. The Balaban J connectivity index is 3.84. The standard InChI is InChI=1S/C13H29NS/c1-7-8-9-15-12(11(2)3)10-14-13(4,5)6/h11-12,14H,7-10H2,1-6H3. The molecule has 92 valence electrons. The zero-order valence-electron chi connectivity index (χ0n) is 11.4. The lowest BCUT2D eigenvalue weighted by Crippen LogP contribution is -2.41. The van der Waals surface area contributed by atoms with E-state index in [4.69, 9.17) is 0 Å². The number of rotatable bonds is 7. The van der Waals surface area contributed by atoms with Crippen molar-refractivity contribution in [3.8, 4) is 0 Å². The normalized spacial score (nSPS) is 14.6. The van der Waals surface area contributed by atoms with E-state index in [1.54, 1.807) is 0 Å². The topological polar surface area (TPSA) is 12.0 Å². The zero-order chi connectivity index (χ0) is 11.9. The monoisotopic (exact) mass is 231 g/mol. The van der Waals surface area contributed by atoms with E-state index in [1.165, 1.54) is 18.6 Å². The summed E-state index contributed by atoms with van der Waals surface area (Å²) in [6.45, 7) is 14.8. The summed E-state index contributed by atoms with van der Waals surface area (Å²) in [6.07, 6.45) is 2.66. The third kappa shape index (κ3) is 9.25. The van der Waals surface area contributed by atoms with Gasteiger partial charge in [-0.1, -0.05) is 27.2 Å². The summed E-state index contributed by atoms with van der Waals surface area (Å²) in [5.41, 5.74) is 0.248. The number of hydrogen-bond acceptors (Lipinski definition) is 2. The van der Waals surface area contributed by atoms with Gasteiger partial charge in [-0.3, -0.25) is 0 Å². The van der Waals surface area contributed by atoms with E-state index in [-0.39, 0.29) is 5.54 Å². The molecule has 0 aliphatic heterocycles. The minimum atomic E-state index is 0.248. The summed E-state index contributed by atoms with van der Waals surface area (Å²) in [6, 6.07) is 0. The molecule has 0 aromatic rings. The Labute approximate surface area is 101 Å². The van der Waals surface area contributed by atoms with Gasteiger partial charge in [0.05, 0.1) is 0 Å². The van der Waals surface area contributed by atoms with Crippen molar-refractivity contribution >= 4 is 11.8 Å². The quantitative estimate of drug-likeness (QED) is 0.666. The first-order valence-electron chi connectivity index (χ1n) is 6.23. The van der Waals surface area contributed by atoms with Gasteiger partial charge in [0.1, 0.15) is 0 Å². The lowest BCUT2D eigenvalue weighted by Gasteiger charge is -2.27. The van der Waals surface area contributed by atoms with E-state index < -0.39 is 0 Å². The molecule has 0 fully saturated rings. The van der Waals surface area contributed by atoms with Crippen molar-refractivity contribution in [1.82, 2.24) is 5.32 Å². The Morgan fingerprint density at radius 1 is 1.20 bits per heavy atom. The molecular formula is C13H29NS. The molecule has 0 amide bonds. The van der Waals surface area contributed by atoms with Gasteiger partial charge in [0.15, 0.2) is 0 Å². The Morgan fingerprint density at radius 2 is 1.80 bits per heavy atom. The lowest BCUT2D eigenvalue weighted by molar-refractivity contribution is 0.408. The van der Waals surface area contributed by atoms with Crippen LogP contribution in [0.5, 0.6) is 0 Å². The van der Waals surface area contributed by atoms with Crippen molar-refractivity contribution < 1.29 is 0 Å². The van der Waals surface area contributed by atoms with Gasteiger partial charge in [0.2, 0.25) is 0 Å². The Morgan fingerprint density at radius 3 is 2.20 bits per heavy atom. The summed E-state index contributed by atoms with van der Waals surface area (Å²) in [7, 11) is 0. The van der Waals surface area contributed by atoms with Crippen LogP contribution in [0.25, 0.3) is 0 Å². The Kier molecular flexibility index (Phi) is 7.72. The molecule has 15 heavy (non-hydrogen) atoms. The van der Waals surface area contributed by atoms with Crippen molar-refractivity contribution in [3.05, 3.63) is 0 Å². The fraction of sp³-hybridized carbons (Fsp3) is 1.00. The maximum atomic E-state index is 3.61. The predicted molar refractivity (Wildman–Crippen MR) is 73.7 cm³/mol. The van der Waals surface area contributed by atoms with Crippen LogP contribution in [0.1, 0.15) is 54.4 Å². The average Bonchev–Trinajstić information content (AvgIpc) is 2.08. The molecule has 0 radical (unpaired) electrons. The maximum absolute atomic E-state index is 3.61. The van der Waals surface area contributed by atoms with E-state index in [0.717, 1.165) is 17.7 Å². The highest BCUT2D eigenvalue weighted by Gasteiger charge is 2.17. The second-order valence-electron chi connectivity index (χ2n) is 5.64. The van der Waals surface area contributed by atoms with Crippen LogP contribution >= 0.6 is 11.8 Å². The molecule has 0 aromatic heterocycles. The van der Waals surface area contributed by atoms with Crippen LogP contribution in [0.2, 0.25) is 0 Å². The van der Waals surface area contributed by atoms with E-state index in [1.807, 2.05) is 0 Å². The number of hydrogen-bond donors (Lipinski definition) is 1. The van der Waals surface area contributed by atoms with E-state index in [0.29, 0.717) is 0 Å². The first kappa shape index (κ1) is 15.3. The van der Waals surface area contributed by atoms with Gasteiger partial charge >= 0.3 is 0 Å². The van der Waals surface area contributed by atoms with Crippen molar-refractivity contribution in [2.24, 2.45) is 5.92 Å². The summed E-state index contributed by atoms with van der Waals surface area (Å²) in [5.74, 6) is 2.08. The summed E-state index contributed by atoms with van der Waals surface area (Å²) in [4.78, 5) is 0. The van der Waals surface area contributed by atoms with E-state index in [9.17, 15) is 0 Å². The average molecular weight is 231 g/mol. The highest BCUT2D eigenvalue weighted by molar-refractivity contribution is 7.99. The van der Waals surface area contributed by atoms with Crippen molar-refractivity contribution in [1.29, 1.82) is 0 Å². The van der Waals surface area contributed by atoms with Gasteiger partial charge < -0.3 is 5.32 Å². The van der Waals surface area contributed by atoms with Gasteiger partial charge in [0.25, 0.3) is 0 Å². The molecule has 2 heteroatoms. The second-order valence-corrected chi connectivity index (χ2v) is 6.98. The van der Waals surface area contributed by atoms with Gasteiger partial charge in [-0.2, -0.15) is 11.8 Å². The van der Waals surface area contributed by atoms with Crippen LogP contribution in [0.4, 0.5) is 0 Å². The summed E-state index contributed by atoms with van der Waals surface area (Å²) >= 11 is 2.13. The Bertz CT molecular complexity index is 149. The highest BCUT2D eigenvalue weighted by Crippen LogP contribution is 2.20. The third-order valence-electron chi connectivity index (χ3n) is 2.41. The van der Waals surface area contributed by atoms with Crippen molar-refractivity contribution in [2.75, 3.05) is 12.3 Å². The van der Waals surface area contributed by atoms with Gasteiger partial charge in [0, 0.05) is 17.3 Å². The molecule has 1 nitrogen and oxygen atoms in total. The first-order valence-corrected chi connectivity index (χ1v) is 7.28. The number of nitrogens with one attached hydrogen (secondary N) is 1. The fourth-order valence-electron chi connectivity index (χ4n) is 1.27. The molecule has 0 saturated heterocycles. The number of unbranched alkanes of at least 4 members (excludes halogenated alkanes) is 1. The molecule has 0 aromatic carbocycles. The van der Waals surface area contributed by atoms with Crippen LogP contribution in [-0.2, 0) is 0 Å². The predicted octanol–water partition coefficient (Wildman–Crippen LogP) is 3.93. The van der Waals surface area contributed by atoms with Crippen LogP contribution in [0.3, 0.4) is 0 Å². The van der Waals surface area contributed by atoms with Crippen molar-refractivity contribution in [2.45, 2.75) is 65.2 Å². The molecule has 1 N–H and O–H groups in total. The summed E-state index contributed by atoms with van der Waals surface area (Å²) < 4.78 is 0. The molecule has 0 saturated carbocycles. The number of thioether (sulfide) groups is 1. The van der Waals surface area contributed by atoms with Crippen LogP contribution < -0.4 is 5.32 Å². The van der Waals surface area contributed by atoms with E-state index in [2.05, 4.69) is 58.6 Å². The fourth-order valence-corrected chi connectivity index (χ4v) is 2.62. The molecule has 0 rings (SSSR count). The van der Waals surface area contributed by atoms with Gasteiger partial charge in [-0.15, -0.1) is 0 Å².